The van der Waals surface area contributed by atoms with Crippen LogP contribution in [0.4, 0.5) is 0 Å². The Labute approximate surface area is 102 Å². The lowest BCUT2D eigenvalue weighted by Crippen LogP contribution is -2.02. The summed E-state index contributed by atoms with van der Waals surface area (Å²) >= 11 is 0. The molecule has 0 bridgehead atoms. The molecule has 3 nitrogen and oxygen atoms in total. The molecule has 3 heteroatoms. The second-order valence-electron chi connectivity index (χ2n) is 3.71. The van der Waals surface area contributed by atoms with E-state index >= 15 is 0 Å². The van der Waals surface area contributed by atoms with Gasteiger partial charge in [-0.2, -0.15) is 0 Å². The van der Waals surface area contributed by atoms with Gasteiger partial charge in [0.1, 0.15) is 0 Å². The maximum atomic E-state index is 11.1. The van der Waals surface area contributed by atoms with Crippen molar-refractivity contribution >= 4 is 5.97 Å². The molecule has 0 amide bonds. The molecule has 92 valence electrons. The van der Waals surface area contributed by atoms with Gasteiger partial charge in [-0.25, -0.2) is 4.79 Å². The molecule has 0 saturated carbocycles. The molecule has 0 spiro atoms. The van der Waals surface area contributed by atoms with E-state index in [0.717, 1.165) is 5.56 Å². The summed E-state index contributed by atoms with van der Waals surface area (Å²) < 4.78 is 10.1. The molecule has 0 aromatic heterocycles. The highest BCUT2D eigenvalue weighted by atomic mass is 16.5. The average molecular weight is 234 g/mol. The van der Waals surface area contributed by atoms with E-state index in [-0.39, 0.29) is 5.97 Å². The summed E-state index contributed by atoms with van der Waals surface area (Å²) in [6.07, 6.45) is 2.55. The van der Waals surface area contributed by atoms with E-state index < -0.39 is 0 Å². The first-order valence-corrected chi connectivity index (χ1v) is 5.61. The normalized spacial score (nSPS) is 11.3. The summed E-state index contributed by atoms with van der Waals surface area (Å²) in [5.41, 5.74) is 1.77. The van der Waals surface area contributed by atoms with Crippen molar-refractivity contribution in [3.05, 3.63) is 47.5 Å². The fourth-order valence-corrected chi connectivity index (χ4v) is 1.37. The predicted molar refractivity (Wildman–Crippen MR) is 66.5 cm³/mol. The molecule has 1 aromatic carbocycles. The van der Waals surface area contributed by atoms with Crippen molar-refractivity contribution in [1.29, 1.82) is 0 Å². The van der Waals surface area contributed by atoms with E-state index in [9.17, 15) is 4.79 Å². The molecular weight excluding hydrogens is 216 g/mol. The lowest BCUT2D eigenvalue weighted by atomic mass is 10.2. The van der Waals surface area contributed by atoms with Gasteiger partial charge in [-0.1, -0.05) is 36.4 Å². The molecule has 0 saturated heterocycles. The number of hydrogen-bond acceptors (Lipinski definition) is 3. The number of methoxy groups -OCH3 is 1. The topological polar surface area (TPSA) is 35.5 Å². The van der Waals surface area contributed by atoms with E-state index in [2.05, 4.69) is 4.74 Å². The molecule has 0 heterocycles. The average Bonchev–Trinajstić information content (AvgIpc) is 2.38. The second-order valence-corrected chi connectivity index (χ2v) is 3.71. The van der Waals surface area contributed by atoms with E-state index in [1.807, 2.05) is 36.4 Å². The number of carbonyl (C=O) groups is 1. The lowest BCUT2D eigenvalue weighted by Gasteiger charge is -2.03. The first-order chi connectivity index (χ1) is 8.24. The Morgan fingerprint density at radius 2 is 2.00 bits per heavy atom. The summed E-state index contributed by atoms with van der Waals surface area (Å²) in [6, 6.07) is 10.00. The molecule has 0 fully saturated rings. The van der Waals surface area contributed by atoms with E-state index in [1.165, 1.54) is 7.11 Å². The third-order valence-electron chi connectivity index (χ3n) is 2.33. The van der Waals surface area contributed by atoms with E-state index in [0.29, 0.717) is 25.2 Å². The quantitative estimate of drug-likeness (QED) is 0.431. The molecule has 0 unspecified atom stereocenters. The van der Waals surface area contributed by atoms with Crippen LogP contribution in [0, 0.1) is 0 Å². The first kappa shape index (κ1) is 13.5. The van der Waals surface area contributed by atoms with Gasteiger partial charge in [0.25, 0.3) is 0 Å². The molecule has 0 aliphatic rings. The smallest absolute Gasteiger partial charge is 0.333 e. The van der Waals surface area contributed by atoms with Crippen molar-refractivity contribution in [1.82, 2.24) is 0 Å². The Morgan fingerprint density at radius 1 is 1.29 bits per heavy atom. The molecular formula is C14H18O3. The zero-order valence-electron chi connectivity index (χ0n) is 10.3. The Morgan fingerprint density at radius 3 is 2.65 bits per heavy atom. The highest BCUT2D eigenvalue weighted by Gasteiger charge is 2.01. The number of hydrogen-bond donors (Lipinski definition) is 0. The molecule has 0 aliphatic carbocycles. The summed E-state index contributed by atoms with van der Waals surface area (Å²) in [5, 5.41) is 0. The Bertz CT molecular complexity index is 368. The maximum absolute atomic E-state index is 11.1. The lowest BCUT2D eigenvalue weighted by molar-refractivity contribution is -0.136. The Kier molecular flexibility index (Phi) is 6.04. The number of ether oxygens (including phenoxy) is 2. The van der Waals surface area contributed by atoms with Crippen LogP contribution in [0.2, 0.25) is 0 Å². The number of carbonyl (C=O) groups excluding carboxylic acids is 1. The molecule has 0 radical (unpaired) electrons. The van der Waals surface area contributed by atoms with Crippen LogP contribution < -0.4 is 0 Å². The van der Waals surface area contributed by atoms with Crippen molar-refractivity contribution in [2.75, 3.05) is 13.7 Å². The number of rotatable bonds is 6. The van der Waals surface area contributed by atoms with Gasteiger partial charge in [0, 0.05) is 5.57 Å². The van der Waals surface area contributed by atoms with Crippen LogP contribution in [0.1, 0.15) is 18.9 Å². The molecule has 1 aromatic rings. The van der Waals surface area contributed by atoms with Crippen LogP contribution in [0.15, 0.2) is 42.0 Å². The monoisotopic (exact) mass is 234 g/mol. The van der Waals surface area contributed by atoms with Crippen molar-refractivity contribution in [2.24, 2.45) is 0 Å². The van der Waals surface area contributed by atoms with Gasteiger partial charge in [-0.05, 0) is 18.9 Å². The third kappa shape index (κ3) is 5.31. The molecule has 1 rings (SSSR count). The van der Waals surface area contributed by atoms with Crippen molar-refractivity contribution in [3.8, 4) is 0 Å². The van der Waals surface area contributed by atoms with Crippen LogP contribution in [0.25, 0.3) is 0 Å². The minimum atomic E-state index is -0.284. The van der Waals surface area contributed by atoms with Gasteiger partial charge in [-0.3, -0.25) is 0 Å². The SMILES string of the molecule is COC(=O)/C(C)=C/CCOCc1ccccc1. The second kappa shape index (κ2) is 7.63. The van der Waals surface area contributed by atoms with Gasteiger partial charge in [-0.15, -0.1) is 0 Å². The Balaban J connectivity index is 2.19. The van der Waals surface area contributed by atoms with Gasteiger partial charge < -0.3 is 9.47 Å². The molecule has 0 aliphatic heterocycles. The largest absolute Gasteiger partial charge is 0.466 e. The minimum absolute atomic E-state index is 0.284. The van der Waals surface area contributed by atoms with Crippen LogP contribution in [0.3, 0.4) is 0 Å². The Hall–Kier alpha value is -1.61. The zero-order chi connectivity index (χ0) is 12.5. The highest BCUT2D eigenvalue weighted by molar-refractivity contribution is 5.87. The van der Waals surface area contributed by atoms with Crippen LogP contribution in [-0.4, -0.2) is 19.7 Å². The highest BCUT2D eigenvalue weighted by Crippen LogP contribution is 2.02. The maximum Gasteiger partial charge on any atom is 0.333 e. The van der Waals surface area contributed by atoms with E-state index in [1.54, 1.807) is 6.92 Å². The fraction of sp³-hybridized carbons (Fsp3) is 0.357. The molecule has 0 N–H and O–H groups in total. The summed E-state index contributed by atoms with van der Waals surface area (Å²) in [7, 11) is 1.38. The minimum Gasteiger partial charge on any atom is -0.466 e. The van der Waals surface area contributed by atoms with Gasteiger partial charge in [0.2, 0.25) is 0 Å². The van der Waals surface area contributed by atoms with Crippen LogP contribution in [0.5, 0.6) is 0 Å². The van der Waals surface area contributed by atoms with Gasteiger partial charge >= 0.3 is 5.97 Å². The molecule has 17 heavy (non-hydrogen) atoms. The summed E-state index contributed by atoms with van der Waals surface area (Å²) in [6.45, 7) is 2.94. The van der Waals surface area contributed by atoms with Gasteiger partial charge in [0.05, 0.1) is 20.3 Å². The zero-order valence-corrected chi connectivity index (χ0v) is 10.3. The van der Waals surface area contributed by atoms with Crippen molar-refractivity contribution < 1.29 is 14.3 Å². The predicted octanol–water partition coefficient (Wildman–Crippen LogP) is 2.71. The summed E-state index contributed by atoms with van der Waals surface area (Å²) in [4.78, 5) is 11.1. The fourth-order valence-electron chi connectivity index (χ4n) is 1.37. The number of esters is 1. The van der Waals surface area contributed by atoms with Crippen molar-refractivity contribution in [3.63, 3.8) is 0 Å². The first-order valence-electron chi connectivity index (χ1n) is 5.61. The van der Waals surface area contributed by atoms with E-state index in [4.69, 9.17) is 4.74 Å². The third-order valence-corrected chi connectivity index (χ3v) is 2.33. The standard InChI is InChI=1S/C14H18O3/c1-12(14(15)16-2)7-6-10-17-11-13-8-4-3-5-9-13/h3-5,7-9H,6,10-11H2,1-2H3/b12-7+. The molecule has 0 atom stereocenters. The van der Waals surface area contributed by atoms with Gasteiger partial charge in [0.15, 0.2) is 0 Å². The van der Waals surface area contributed by atoms with Crippen molar-refractivity contribution in [2.45, 2.75) is 20.0 Å². The summed E-state index contributed by atoms with van der Waals surface area (Å²) in [5.74, 6) is -0.284. The number of benzene rings is 1. The van der Waals surface area contributed by atoms with Crippen LogP contribution in [-0.2, 0) is 20.9 Å². The van der Waals surface area contributed by atoms with Crippen LogP contribution >= 0.6 is 0 Å².